The van der Waals surface area contributed by atoms with Crippen molar-refractivity contribution in [1.29, 1.82) is 0 Å². The molecule has 6 rings (SSSR count). The Morgan fingerprint density at radius 3 is 1.83 bits per heavy atom. The van der Waals surface area contributed by atoms with Crippen LogP contribution in [0.4, 0.5) is 0 Å². The van der Waals surface area contributed by atoms with E-state index in [9.17, 15) is 0 Å². The van der Waals surface area contributed by atoms with Gasteiger partial charge in [-0.25, -0.2) is 4.98 Å². The van der Waals surface area contributed by atoms with Crippen molar-refractivity contribution >= 4 is 0 Å². The van der Waals surface area contributed by atoms with E-state index in [0.717, 1.165) is 17.8 Å². The Labute approximate surface area is 243 Å². The van der Waals surface area contributed by atoms with Gasteiger partial charge in [-0.15, -0.1) is 0 Å². The van der Waals surface area contributed by atoms with Gasteiger partial charge in [0, 0.05) is 35.8 Å². The van der Waals surface area contributed by atoms with E-state index < -0.39 is 0 Å². The summed E-state index contributed by atoms with van der Waals surface area (Å²) in [6, 6.07) is 41.4. The second kappa shape index (κ2) is 11.5. The third kappa shape index (κ3) is 5.28. The Kier molecular flexibility index (Phi) is 7.43. The molecule has 2 heterocycles. The summed E-state index contributed by atoms with van der Waals surface area (Å²) < 4.78 is 4.73. The van der Waals surface area contributed by atoms with Crippen LogP contribution < -0.4 is 0 Å². The molecule has 6 aromatic rings. The highest BCUT2D eigenvalue weighted by Crippen LogP contribution is 2.39. The van der Waals surface area contributed by atoms with E-state index in [1.165, 1.54) is 45.0 Å². The smallest absolute Gasteiger partial charge is 0.144 e. The highest BCUT2D eigenvalue weighted by molar-refractivity contribution is 5.72. The van der Waals surface area contributed by atoms with Crippen molar-refractivity contribution < 1.29 is 0 Å². The van der Waals surface area contributed by atoms with Gasteiger partial charge in [0.15, 0.2) is 0 Å². The number of para-hydroxylation sites is 1. The van der Waals surface area contributed by atoms with Gasteiger partial charge < -0.3 is 4.57 Å². The third-order valence-corrected chi connectivity index (χ3v) is 7.83. The molecule has 41 heavy (non-hydrogen) atoms. The molecular formula is C38H37N3. The predicted octanol–water partition coefficient (Wildman–Crippen LogP) is 9.83. The molecule has 0 aliphatic rings. The minimum absolute atomic E-state index is 0.331. The molecule has 4 aromatic carbocycles. The first-order valence-corrected chi connectivity index (χ1v) is 14.6. The first kappa shape index (κ1) is 26.6. The second-order valence-corrected chi connectivity index (χ2v) is 11.3. The largest absolute Gasteiger partial charge is 0.313 e. The van der Waals surface area contributed by atoms with Gasteiger partial charge in [0.1, 0.15) is 5.82 Å². The monoisotopic (exact) mass is 535 g/mol. The fourth-order valence-corrected chi connectivity index (χ4v) is 5.80. The van der Waals surface area contributed by atoms with Crippen molar-refractivity contribution in [3.05, 3.63) is 150 Å². The maximum Gasteiger partial charge on any atom is 0.144 e. The zero-order valence-corrected chi connectivity index (χ0v) is 24.3. The summed E-state index contributed by atoms with van der Waals surface area (Å²) in [5.74, 6) is 1.63. The van der Waals surface area contributed by atoms with E-state index in [4.69, 9.17) is 4.98 Å². The number of rotatable bonds is 8. The lowest BCUT2D eigenvalue weighted by Gasteiger charge is -2.24. The topological polar surface area (TPSA) is 22.8 Å². The van der Waals surface area contributed by atoms with Gasteiger partial charge in [0.2, 0.25) is 0 Å². The van der Waals surface area contributed by atoms with Gasteiger partial charge in [-0.1, -0.05) is 107 Å². The quantitative estimate of drug-likeness (QED) is 0.190. The Bertz CT molecular complexity index is 1710. The summed E-state index contributed by atoms with van der Waals surface area (Å²) in [4.78, 5) is 4.80. The standard InChI is InChI=1S/C38H37N3/c1-27(2)34-25-31(26-35(28(3)4)37(34)40-23-22-39-38(40)30-16-10-6-11-17-30)36-21-20-33(24-29-14-8-5-9-15-29)41(36)32-18-12-7-13-19-32/h5-23,25-28H,24H2,1-4H3. The van der Waals surface area contributed by atoms with Crippen LogP contribution in [-0.2, 0) is 6.42 Å². The number of aromatic nitrogens is 3. The molecule has 0 spiro atoms. The fraction of sp³-hybridized carbons (Fsp3) is 0.184. The van der Waals surface area contributed by atoms with Gasteiger partial charge in [-0.05, 0) is 70.5 Å². The van der Waals surface area contributed by atoms with E-state index in [-0.39, 0.29) is 0 Å². The highest BCUT2D eigenvalue weighted by atomic mass is 15.1. The number of benzene rings is 4. The number of imidazole rings is 1. The lowest BCUT2D eigenvalue weighted by Crippen LogP contribution is -2.09. The van der Waals surface area contributed by atoms with Gasteiger partial charge in [0.25, 0.3) is 0 Å². The molecule has 0 bridgehead atoms. The van der Waals surface area contributed by atoms with Crippen LogP contribution in [-0.4, -0.2) is 14.1 Å². The molecule has 0 radical (unpaired) electrons. The zero-order chi connectivity index (χ0) is 28.3. The molecule has 204 valence electrons. The molecule has 0 amide bonds. The molecule has 0 aliphatic heterocycles. The van der Waals surface area contributed by atoms with Crippen LogP contribution >= 0.6 is 0 Å². The van der Waals surface area contributed by atoms with E-state index in [2.05, 4.69) is 158 Å². The average molecular weight is 536 g/mol. The van der Waals surface area contributed by atoms with E-state index in [1.54, 1.807) is 0 Å². The van der Waals surface area contributed by atoms with Crippen LogP contribution in [0, 0.1) is 0 Å². The minimum atomic E-state index is 0.331. The third-order valence-electron chi connectivity index (χ3n) is 7.83. The molecule has 0 fully saturated rings. The van der Waals surface area contributed by atoms with Gasteiger partial charge >= 0.3 is 0 Å². The van der Waals surface area contributed by atoms with Crippen molar-refractivity contribution in [2.45, 2.75) is 46.0 Å². The Hall–Kier alpha value is -4.63. The molecule has 0 atom stereocenters. The van der Waals surface area contributed by atoms with Gasteiger partial charge in [-0.3, -0.25) is 4.57 Å². The Morgan fingerprint density at radius 2 is 1.22 bits per heavy atom. The Balaban J connectivity index is 1.56. The summed E-state index contributed by atoms with van der Waals surface area (Å²) in [6.45, 7) is 9.18. The van der Waals surface area contributed by atoms with Crippen LogP contribution in [0.25, 0.3) is 34.0 Å². The normalized spacial score (nSPS) is 11.5. The fourth-order valence-electron chi connectivity index (χ4n) is 5.80. The molecule has 0 N–H and O–H groups in total. The summed E-state index contributed by atoms with van der Waals surface area (Å²) >= 11 is 0. The molecule has 0 aliphatic carbocycles. The van der Waals surface area contributed by atoms with Crippen LogP contribution in [0.1, 0.15) is 61.9 Å². The molecule has 0 saturated carbocycles. The molecule has 0 unspecified atom stereocenters. The van der Waals surface area contributed by atoms with Crippen molar-refractivity contribution in [2.75, 3.05) is 0 Å². The van der Waals surface area contributed by atoms with E-state index in [0.29, 0.717) is 11.8 Å². The summed E-state index contributed by atoms with van der Waals surface area (Å²) in [5.41, 5.74) is 11.2. The summed E-state index contributed by atoms with van der Waals surface area (Å²) in [7, 11) is 0. The number of nitrogens with zero attached hydrogens (tertiary/aromatic N) is 3. The Morgan fingerprint density at radius 1 is 0.634 bits per heavy atom. The van der Waals surface area contributed by atoms with Crippen LogP contribution in [0.5, 0.6) is 0 Å². The van der Waals surface area contributed by atoms with Gasteiger partial charge in [-0.2, -0.15) is 0 Å². The molecule has 0 saturated heterocycles. The highest BCUT2D eigenvalue weighted by Gasteiger charge is 2.22. The van der Waals surface area contributed by atoms with Crippen LogP contribution in [0.15, 0.2) is 128 Å². The zero-order valence-electron chi connectivity index (χ0n) is 24.3. The number of hydrogen-bond acceptors (Lipinski definition) is 1. The second-order valence-electron chi connectivity index (χ2n) is 11.3. The average Bonchev–Trinajstić information content (AvgIpc) is 3.65. The maximum atomic E-state index is 4.80. The van der Waals surface area contributed by atoms with E-state index in [1.807, 2.05) is 6.20 Å². The first-order chi connectivity index (χ1) is 20.0. The lowest BCUT2D eigenvalue weighted by molar-refractivity contribution is 0.806. The van der Waals surface area contributed by atoms with Crippen molar-refractivity contribution in [2.24, 2.45) is 0 Å². The number of hydrogen-bond donors (Lipinski definition) is 0. The van der Waals surface area contributed by atoms with Crippen LogP contribution in [0.2, 0.25) is 0 Å². The van der Waals surface area contributed by atoms with Crippen molar-refractivity contribution in [3.63, 3.8) is 0 Å². The van der Waals surface area contributed by atoms with E-state index >= 15 is 0 Å². The molecule has 2 aromatic heterocycles. The summed E-state index contributed by atoms with van der Waals surface area (Å²) in [5, 5.41) is 0. The lowest BCUT2D eigenvalue weighted by atomic mass is 9.89. The van der Waals surface area contributed by atoms with Crippen molar-refractivity contribution in [3.8, 4) is 34.0 Å². The van der Waals surface area contributed by atoms with Crippen LogP contribution in [0.3, 0.4) is 0 Å². The molecular weight excluding hydrogens is 498 g/mol. The molecule has 3 heteroatoms. The maximum absolute atomic E-state index is 4.80. The molecule has 3 nitrogen and oxygen atoms in total. The minimum Gasteiger partial charge on any atom is -0.313 e. The first-order valence-electron chi connectivity index (χ1n) is 14.6. The summed E-state index contributed by atoms with van der Waals surface area (Å²) in [6.07, 6.45) is 4.90. The van der Waals surface area contributed by atoms with Crippen molar-refractivity contribution in [1.82, 2.24) is 14.1 Å². The van der Waals surface area contributed by atoms with Gasteiger partial charge in [0.05, 0.1) is 11.4 Å². The predicted molar refractivity (Wildman–Crippen MR) is 171 cm³/mol. The SMILES string of the molecule is CC(C)c1cc(-c2ccc(Cc3ccccc3)n2-c2ccccc2)cc(C(C)C)c1-n1ccnc1-c1ccccc1.